The maximum absolute atomic E-state index is 13.0. The van der Waals surface area contributed by atoms with Crippen LogP contribution >= 0.6 is 11.3 Å². The van der Waals surface area contributed by atoms with Gasteiger partial charge in [0.1, 0.15) is 11.5 Å². The molecular formula is C20H21FN4O2S. The molecule has 0 aliphatic heterocycles. The van der Waals surface area contributed by atoms with Gasteiger partial charge in [-0.3, -0.25) is 25.1 Å². The fourth-order valence-corrected chi connectivity index (χ4v) is 3.42. The molecule has 0 aliphatic rings. The molecule has 3 aromatic rings. The number of rotatable bonds is 3. The third-order valence-electron chi connectivity index (χ3n) is 4.13. The van der Waals surface area contributed by atoms with E-state index in [1.165, 1.54) is 28.2 Å². The van der Waals surface area contributed by atoms with Crippen LogP contribution in [0.5, 0.6) is 0 Å². The number of carbonyl (C=O) groups excluding carboxylic acids is 2. The summed E-state index contributed by atoms with van der Waals surface area (Å²) in [4.78, 5) is 26.0. The fraction of sp³-hybridized carbons (Fsp3) is 0.250. The van der Waals surface area contributed by atoms with E-state index in [0.29, 0.717) is 10.6 Å². The van der Waals surface area contributed by atoms with Crippen LogP contribution < -0.4 is 10.9 Å². The Morgan fingerprint density at radius 3 is 2.29 bits per heavy atom. The van der Waals surface area contributed by atoms with Crippen molar-refractivity contribution in [3.63, 3.8) is 0 Å². The zero-order valence-corrected chi connectivity index (χ0v) is 16.9. The normalized spacial score (nSPS) is 11.3. The highest BCUT2D eigenvalue weighted by molar-refractivity contribution is 7.17. The summed E-state index contributed by atoms with van der Waals surface area (Å²) >= 11 is 1.25. The van der Waals surface area contributed by atoms with E-state index in [1.54, 1.807) is 37.4 Å². The van der Waals surface area contributed by atoms with E-state index < -0.39 is 11.8 Å². The van der Waals surface area contributed by atoms with E-state index in [-0.39, 0.29) is 11.2 Å². The van der Waals surface area contributed by atoms with Gasteiger partial charge in [0.25, 0.3) is 11.8 Å². The molecule has 1 aromatic carbocycles. The Morgan fingerprint density at radius 1 is 1.04 bits per heavy atom. The second-order valence-electron chi connectivity index (χ2n) is 7.37. The van der Waals surface area contributed by atoms with Crippen molar-refractivity contribution in [2.75, 3.05) is 0 Å². The van der Waals surface area contributed by atoms with Crippen molar-refractivity contribution in [2.24, 2.45) is 7.05 Å². The highest BCUT2D eigenvalue weighted by Crippen LogP contribution is 2.28. The summed E-state index contributed by atoms with van der Waals surface area (Å²) in [5.41, 5.74) is 6.60. The summed E-state index contributed by atoms with van der Waals surface area (Å²) in [6.45, 7) is 6.02. The van der Waals surface area contributed by atoms with Gasteiger partial charge in [-0.2, -0.15) is 5.10 Å². The molecule has 0 bridgehead atoms. The molecule has 0 unspecified atom stereocenters. The highest BCUT2D eigenvalue weighted by Gasteiger charge is 2.22. The molecule has 2 N–H and O–H groups in total. The maximum atomic E-state index is 13.0. The van der Waals surface area contributed by atoms with Gasteiger partial charge in [-0.05, 0) is 35.9 Å². The van der Waals surface area contributed by atoms with Crippen LogP contribution in [0.1, 0.15) is 46.6 Å². The minimum absolute atomic E-state index is 0.187. The van der Waals surface area contributed by atoms with E-state index in [4.69, 9.17) is 0 Å². The Bertz CT molecular complexity index is 1020. The number of hydrogen-bond acceptors (Lipinski definition) is 4. The molecule has 28 heavy (non-hydrogen) atoms. The van der Waals surface area contributed by atoms with Gasteiger partial charge < -0.3 is 0 Å². The molecule has 2 amide bonds. The third kappa shape index (κ3) is 4.28. The summed E-state index contributed by atoms with van der Waals surface area (Å²) in [6.07, 6.45) is 0. The average molecular weight is 400 g/mol. The van der Waals surface area contributed by atoms with Gasteiger partial charge in [0, 0.05) is 17.3 Å². The lowest BCUT2D eigenvalue weighted by atomic mass is 9.92. The minimum atomic E-state index is -0.450. The molecule has 2 heterocycles. The first-order valence-corrected chi connectivity index (χ1v) is 9.48. The van der Waals surface area contributed by atoms with Crippen LogP contribution in [0.15, 0.2) is 42.5 Å². The Balaban J connectivity index is 1.65. The number of nitrogens with zero attached hydrogens (tertiary/aromatic N) is 2. The SMILES string of the molecule is Cn1nc(C(C)(C)C)cc1C(=O)NNC(=O)c1ccc(-c2ccc(F)cc2)s1. The van der Waals surface area contributed by atoms with Gasteiger partial charge in [-0.25, -0.2) is 4.39 Å². The van der Waals surface area contributed by atoms with Crippen molar-refractivity contribution in [1.82, 2.24) is 20.6 Å². The molecule has 0 atom stereocenters. The molecule has 0 spiro atoms. The van der Waals surface area contributed by atoms with Gasteiger partial charge in [-0.1, -0.05) is 32.9 Å². The lowest BCUT2D eigenvalue weighted by Crippen LogP contribution is -2.42. The number of aromatic nitrogens is 2. The number of thiophene rings is 1. The van der Waals surface area contributed by atoms with Crippen LogP contribution in [-0.4, -0.2) is 21.6 Å². The smallest absolute Gasteiger partial charge is 0.266 e. The number of halogens is 1. The monoisotopic (exact) mass is 400 g/mol. The highest BCUT2D eigenvalue weighted by atomic mass is 32.1. The molecule has 0 aliphatic carbocycles. The minimum Gasteiger partial charge on any atom is -0.266 e. The average Bonchev–Trinajstić information content (AvgIpc) is 3.27. The number of benzene rings is 1. The maximum Gasteiger partial charge on any atom is 0.287 e. The zero-order valence-electron chi connectivity index (χ0n) is 16.0. The van der Waals surface area contributed by atoms with E-state index in [2.05, 4.69) is 16.0 Å². The first kappa shape index (κ1) is 19.8. The van der Waals surface area contributed by atoms with E-state index in [1.807, 2.05) is 20.8 Å². The summed E-state index contributed by atoms with van der Waals surface area (Å²) in [5, 5.41) is 4.35. The van der Waals surface area contributed by atoms with Gasteiger partial charge in [-0.15, -0.1) is 11.3 Å². The van der Waals surface area contributed by atoms with Crippen molar-refractivity contribution in [3.8, 4) is 10.4 Å². The molecule has 0 saturated carbocycles. The summed E-state index contributed by atoms with van der Waals surface area (Å²) in [7, 11) is 1.68. The molecule has 6 nitrogen and oxygen atoms in total. The van der Waals surface area contributed by atoms with Crippen LogP contribution in [0.4, 0.5) is 4.39 Å². The third-order valence-corrected chi connectivity index (χ3v) is 5.26. The Hall–Kier alpha value is -3.00. The molecule has 0 saturated heterocycles. The summed E-state index contributed by atoms with van der Waals surface area (Å²) in [6, 6.07) is 11.2. The first-order chi connectivity index (χ1) is 13.1. The standard InChI is InChI=1S/C20H21FN4O2S/c1-20(2,3)17-11-14(25(4)24-17)18(26)22-23-19(27)16-10-9-15(28-16)12-5-7-13(21)8-6-12/h5-11H,1-4H3,(H,22,26)(H,23,27). The summed E-state index contributed by atoms with van der Waals surface area (Å²) in [5.74, 6) is -1.19. The van der Waals surface area contributed by atoms with Crippen LogP contribution in [-0.2, 0) is 12.5 Å². The number of hydrogen-bond donors (Lipinski definition) is 2. The Morgan fingerprint density at radius 2 is 1.68 bits per heavy atom. The van der Waals surface area contributed by atoms with Crippen molar-refractivity contribution in [1.29, 1.82) is 0 Å². The fourth-order valence-electron chi connectivity index (χ4n) is 2.51. The van der Waals surface area contributed by atoms with Gasteiger partial charge in [0.15, 0.2) is 0 Å². The molecule has 2 aromatic heterocycles. The van der Waals surface area contributed by atoms with E-state index in [9.17, 15) is 14.0 Å². The van der Waals surface area contributed by atoms with Crippen molar-refractivity contribution in [3.05, 3.63) is 64.5 Å². The quantitative estimate of drug-likeness (QED) is 0.659. The number of hydrazine groups is 1. The van der Waals surface area contributed by atoms with Crippen LogP contribution in [0.2, 0.25) is 0 Å². The Kier molecular flexibility index (Phi) is 5.33. The van der Waals surface area contributed by atoms with E-state index >= 15 is 0 Å². The number of carbonyl (C=O) groups is 2. The topological polar surface area (TPSA) is 76.0 Å². The first-order valence-electron chi connectivity index (χ1n) is 8.66. The molecule has 146 valence electrons. The van der Waals surface area contributed by atoms with Crippen molar-refractivity contribution >= 4 is 23.2 Å². The van der Waals surface area contributed by atoms with Crippen molar-refractivity contribution in [2.45, 2.75) is 26.2 Å². The second-order valence-corrected chi connectivity index (χ2v) is 8.45. The molecule has 0 fully saturated rings. The number of amides is 2. The lowest BCUT2D eigenvalue weighted by molar-refractivity contribution is 0.0843. The van der Waals surface area contributed by atoms with Gasteiger partial charge >= 0.3 is 0 Å². The number of nitrogens with one attached hydrogen (secondary N) is 2. The number of aryl methyl sites for hydroxylation is 1. The summed E-state index contributed by atoms with van der Waals surface area (Å²) < 4.78 is 14.5. The van der Waals surface area contributed by atoms with Crippen LogP contribution in [0, 0.1) is 5.82 Å². The lowest BCUT2D eigenvalue weighted by Gasteiger charge is -2.13. The van der Waals surface area contributed by atoms with Crippen molar-refractivity contribution < 1.29 is 14.0 Å². The molecule has 3 rings (SSSR count). The largest absolute Gasteiger partial charge is 0.287 e. The second kappa shape index (κ2) is 7.55. The van der Waals surface area contributed by atoms with Crippen LogP contribution in [0.25, 0.3) is 10.4 Å². The van der Waals surface area contributed by atoms with Gasteiger partial charge in [0.2, 0.25) is 0 Å². The zero-order chi connectivity index (χ0) is 20.5. The molecule has 0 radical (unpaired) electrons. The van der Waals surface area contributed by atoms with Gasteiger partial charge in [0.05, 0.1) is 10.6 Å². The predicted octanol–water partition coefficient (Wildman–Crippen LogP) is 3.66. The molecule has 8 heteroatoms. The van der Waals surface area contributed by atoms with Crippen LogP contribution in [0.3, 0.4) is 0 Å². The van der Waals surface area contributed by atoms with E-state index in [0.717, 1.165) is 16.1 Å². The molecular weight excluding hydrogens is 379 g/mol. The predicted molar refractivity (Wildman–Crippen MR) is 107 cm³/mol. The Labute approximate surface area is 166 Å².